The van der Waals surface area contributed by atoms with Crippen LogP contribution in [0.25, 0.3) is 11.3 Å². The predicted molar refractivity (Wildman–Crippen MR) is 55.9 cm³/mol. The molecule has 4 nitrogen and oxygen atoms in total. The fraction of sp³-hybridized carbons (Fsp3) is 0.0909. The molecule has 2 N–H and O–H groups in total. The van der Waals surface area contributed by atoms with Crippen molar-refractivity contribution in [3.8, 4) is 11.3 Å². The second kappa shape index (κ2) is 4.38. The number of hydrogen-bond acceptors (Lipinski definition) is 2. The van der Waals surface area contributed by atoms with E-state index in [1.165, 1.54) is 0 Å². The van der Waals surface area contributed by atoms with E-state index in [0.717, 1.165) is 12.3 Å². The zero-order valence-electron chi connectivity index (χ0n) is 9.12. The van der Waals surface area contributed by atoms with Crippen molar-refractivity contribution in [2.45, 2.75) is 6.18 Å². The molecule has 0 bridgehead atoms. The molecular formula is C11H6F4N2O2. The normalized spacial score (nSPS) is 11.6. The molecule has 0 aliphatic rings. The Labute approximate surface area is 103 Å². The van der Waals surface area contributed by atoms with E-state index in [4.69, 9.17) is 5.11 Å². The van der Waals surface area contributed by atoms with Gasteiger partial charge in [-0.1, -0.05) is 0 Å². The summed E-state index contributed by atoms with van der Waals surface area (Å²) >= 11 is 0. The molecule has 0 fully saturated rings. The lowest BCUT2D eigenvalue weighted by Crippen LogP contribution is -2.08. The van der Waals surface area contributed by atoms with Crippen molar-refractivity contribution in [1.29, 1.82) is 0 Å². The smallest absolute Gasteiger partial charge is 0.419 e. The molecule has 0 spiro atoms. The van der Waals surface area contributed by atoms with Gasteiger partial charge in [-0.25, -0.2) is 9.18 Å². The number of carboxylic acids is 1. The van der Waals surface area contributed by atoms with Gasteiger partial charge in [-0.05, 0) is 18.2 Å². The minimum Gasteiger partial charge on any atom is -0.478 e. The van der Waals surface area contributed by atoms with Crippen molar-refractivity contribution in [3.63, 3.8) is 0 Å². The van der Waals surface area contributed by atoms with E-state index >= 15 is 0 Å². The van der Waals surface area contributed by atoms with Crippen molar-refractivity contribution in [1.82, 2.24) is 10.2 Å². The summed E-state index contributed by atoms with van der Waals surface area (Å²) in [6, 6.07) is 2.21. The summed E-state index contributed by atoms with van der Waals surface area (Å²) in [4.78, 5) is 10.8. The Kier molecular flexibility index (Phi) is 3.01. The maximum Gasteiger partial charge on any atom is 0.419 e. The Bertz CT molecular complexity index is 634. The van der Waals surface area contributed by atoms with Gasteiger partial charge in [0.1, 0.15) is 11.4 Å². The third-order valence-corrected chi connectivity index (χ3v) is 2.43. The number of carbonyl (C=O) groups is 1. The van der Waals surface area contributed by atoms with Gasteiger partial charge in [0.25, 0.3) is 0 Å². The first-order valence-corrected chi connectivity index (χ1v) is 4.94. The second-order valence-electron chi connectivity index (χ2n) is 3.66. The van der Waals surface area contributed by atoms with Gasteiger partial charge in [-0.3, -0.25) is 5.10 Å². The molecular weight excluding hydrogens is 268 g/mol. The molecule has 0 aliphatic heterocycles. The number of nitrogens with one attached hydrogen (secondary N) is 1. The molecule has 0 saturated carbocycles. The number of rotatable bonds is 2. The van der Waals surface area contributed by atoms with Crippen molar-refractivity contribution in [2.75, 3.05) is 0 Å². The van der Waals surface area contributed by atoms with Gasteiger partial charge < -0.3 is 5.11 Å². The average Bonchev–Trinajstić information content (AvgIpc) is 2.77. The molecule has 0 saturated heterocycles. The Hall–Kier alpha value is -2.38. The van der Waals surface area contributed by atoms with Crippen molar-refractivity contribution < 1.29 is 27.5 Å². The lowest BCUT2D eigenvalue weighted by Gasteiger charge is -2.09. The number of alkyl halides is 3. The molecule has 0 aliphatic carbocycles. The number of aromatic amines is 1. The van der Waals surface area contributed by atoms with Crippen LogP contribution in [-0.2, 0) is 6.18 Å². The largest absolute Gasteiger partial charge is 0.478 e. The predicted octanol–water partition coefficient (Wildman–Crippen LogP) is 2.93. The van der Waals surface area contributed by atoms with Crippen LogP contribution in [0.2, 0.25) is 0 Å². The molecule has 100 valence electrons. The van der Waals surface area contributed by atoms with Crippen molar-refractivity contribution in [2.24, 2.45) is 0 Å². The lowest BCUT2D eigenvalue weighted by atomic mass is 10.0. The van der Waals surface area contributed by atoms with E-state index in [0.29, 0.717) is 12.1 Å². The summed E-state index contributed by atoms with van der Waals surface area (Å²) in [5.41, 5.74) is -1.97. The van der Waals surface area contributed by atoms with Gasteiger partial charge in [0.2, 0.25) is 0 Å². The molecule has 0 atom stereocenters. The van der Waals surface area contributed by atoms with Crippen LogP contribution < -0.4 is 0 Å². The zero-order valence-corrected chi connectivity index (χ0v) is 9.12. The van der Waals surface area contributed by atoms with E-state index in [1.54, 1.807) is 0 Å². The van der Waals surface area contributed by atoms with Gasteiger partial charge >= 0.3 is 12.1 Å². The zero-order chi connectivity index (χ0) is 14.2. The highest BCUT2D eigenvalue weighted by molar-refractivity contribution is 5.94. The SMILES string of the molecule is O=C(O)c1cn[nH]c1-c1ccc(F)c(C(F)(F)F)c1. The molecule has 1 heterocycles. The van der Waals surface area contributed by atoms with E-state index in [-0.39, 0.29) is 16.8 Å². The topological polar surface area (TPSA) is 66.0 Å². The van der Waals surface area contributed by atoms with Crippen LogP contribution in [0.5, 0.6) is 0 Å². The first kappa shape index (κ1) is 13.1. The van der Waals surface area contributed by atoms with Crippen LogP contribution in [0, 0.1) is 5.82 Å². The van der Waals surface area contributed by atoms with Crippen LogP contribution in [0.4, 0.5) is 17.6 Å². The highest BCUT2D eigenvalue weighted by Gasteiger charge is 2.34. The van der Waals surface area contributed by atoms with Gasteiger partial charge in [0, 0.05) is 5.56 Å². The van der Waals surface area contributed by atoms with Crippen molar-refractivity contribution >= 4 is 5.97 Å². The average molecular weight is 274 g/mol. The molecule has 19 heavy (non-hydrogen) atoms. The molecule has 8 heteroatoms. The summed E-state index contributed by atoms with van der Waals surface area (Å²) in [6.45, 7) is 0. The summed E-state index contributed by atoms with van der Waals surface area (Å²) in [7, 11) is 0. The molecule has 2 rings (SSSR count). The molecule has 1 aromatic heterocycles. The van der Waals surface area contributed by atoms with Crippen LogP contribution in [0.3, 0.4) is 0 Å². The summed E-state index contributed by atoms with van der Waals surface area (Å²) in [6.07, 6.45) is -3.89. The van der Waals surface area contributed by atoms with E-state index < -0.39 is 23.5 Å². The number of carboxylic acid groups (broad SMARTS) is 1. The Morgan fingerprint density at radius 2 is 2.00 bits per heavy atom. The van der Waals surface area contributed by atoms with Crippen molar-refractivity contribution in [3.05, 3.63) is 41.3 Å². The number of nitrogens with zero attached hydrogens (tertiary/aromatic N) is 1. The first-order chi connectivity index (χ1) is 8.80. The van der Waals surface area contributed by atoms with Gasteiger partial charge in [-0.2, -0.15) is 18.3 Å². The monoisotopic (exact) mass is 274 g/mol. The Morgan fingerprint density at radius 1 is 1.32 bits per heavy atom. The van der Waals surface area contributed by atoms with E-state index in [2.05, 4.69) is 10.2 Å². The summed E-state index contributed by atoms with van der Waals surface area (Å²) in [5, 5.41) is 14.6. The summed E-state index contributed by atoms with van der Waals surface area (Å²) in [5.74, 6) is -2.77. The van der Waals surface area contributed by atoms with Crippen LogP contribution in [0.15, 0.2) is 24.4 Å². The van der Waals surface area contributed by atoms with E-state index in [9.17, 15) is 22.4 Å². The molecule has 0 amide bonds. The van der Waals surface area contributed by atoms with Crippen LogP contribution in [0.1, 0.15) is 15.9 Å². The highest BCUT2D eigenvalue weighted by Crippen LogP contribution is 2.34. The fourth-order valence-corrected chi connectivity index (χ4v) is 1.57. The number of aromatic carboxylic acids is 1. The fourth-order valence-electron chi connectivity index (χ4n) is 1.57. The number of hydrogen-bond donors (Lipinski definition) is 2. The van der Waals surface area contributed by atoms with Gasteiger partial charge in [0.05, 0.1) is 17.5 Å². The maximum absolute atomic E-state index is 13.1. The Morgan fingerprint density at radius 3 is 2.58 bits per heavy atom. The standard InChI is InChI=1S/C11H6F4N2O2/c12-8-2-1-5(3-7(8)11(13,14)15)9-6(10(18)19)4-16-17-9/h1-4H,(H,16,17)(H,18,19). The third-order valence-electron chi connectivity index (χ3n) is 2.43. The summed E-state index contributed by atoms with van der Waals surface area (Å²) < 4.78 is 50.7. The molecule has 1 aromatic carbocycles. The van der Waals surface area contributed by atoms with Crippen LogP contribution >= 0.6 is 0 Å². The highest BCUT2D eigenvalue weighted by atomic mass is 19.4. The quantitative estimate of drug-likeness (QED) is 0.827. The van der Waals surface area contributed by atoms with Gasteiger partial charge in [0.15, 0.2) is 0 Å². The number of halogens is 4. The molecule has 0 unspecified atom stereocenters. The first-order valence-electron chi connectivity index (χ1n) is 4.94. The maximum atomic E-state index is 13.1. The van der Waals surface area contributed by atoms with E-state index in [1.807, 2.05) is 0 Å². The molecule has 0 radical (unpaired) electrons. The van der Waals surface area contributed by atoms with Crippen LogP contribution in [-0.4, -0.2) is 21.3 Å². The second-order valence-corrected chi connectivity index (χ2v) is 3.66. The number of H-pyrrole nitrogens is 1. The van der Waals surface area contributed by atoms with Gasteiger partial charge in [-0.15, -0.1) is 0 Å². The number of aromatic nitrogens is 2. The number of benzene rings is 1. The Balaban J connectivity index is 2.58. The minimum atomic E-state index is -4.86. The molecule has 2 aromatic rings. The minimum absolute atomic E-state index is 0.108. The third kappa shape index (κ3) is 2.42. The lowest BCUT2D eigenvalue weighted by molar-refractivity contribution is -0.139.